The van der Waals surface area contributed by atoms with Gasteiger partial charge in [-0.15, -0.1) is 0 Å². The van der Waals surface area contributed by atoms with Crippen LogP contribution in [0.15, 0.2) is 91.0 Å². The van der Waals surface area contributed by atoms with Gasteiger partial charge in [0.25, 0.3) is 0 Å². The largest absolute Gasteiger partial charge is 0.473 e. The Hall–Kier alpha value is -3.50. The molecule has 2 N–H and O–H groups in total. The Morgan fingerprint density at radius 2 is 1.30 bits per heavy atom. The van der Waals surface area contributed by atoms with Crippen LogP contribution in [-0.4, -0.2) is 4.98 Å². The number of pyridine rings is 1. The Balaban J connectivity index is 1.62. The number of rotatable bonds is 7. The topological polar surface area (TPSA) is 57.4 Å². The van der Waals surface area contributed by atoms with Gasteiger partial charge in [-0.25, -0.2) is 0 Å². The fourth-order valence-corrected chi connectivity index (χ4v) is 3.24. The molecule has 4 nitrogen and oxygen atoms in total. The van der Waals surface area contributed by atoms with E-state index in [9.17, 15) is 0 Å². The van der Waals surface area contributed by atoms with Gasteiger partial charge in [-0.05, 0) is 29.3 Å². The Labute approximate surface area is 180 Å². The average Bonchev–Trinajstić information content (AvgIpc) is 2.78. The zero-order valence-corrected chi connectivity index (χ0v) is 17.0. The minimum absolute atomic E-state index is 0.385. The summed E-state index contributed by atoms with van der Waals surface area (Å²) >= 11 is 6.06. The maximum atomic E-state index is 6.20. The smallest absolute Gasteiger partial charge is 0.225 e. The Kier molecular flexibility index (Phi) is 6.16. The summed E-state index contributed by atoms with van der Waals surface area (Å²) in [5, 5.41) is 0.582. The van der Waals surface area contributed by atoms with E-state index in [1.54, 1.807) is 12.1 Å². The molecule has 0 amide bonds. The lowest BCUT2D eigenvalue weighted by molar-refractivity contribution is 0.268. The van der Waals surface area contributed by atoms with E-state index < -0.39 is 0 Å². The van der Waals surface area contributed by atoms with Crippen LogP contribution < -0.4 is 15.2 Å². The second-order valence-electron chi connectivity index (χ2n) is 6.78. The van der Waals surface area contributed by atoms with Crippen molar-refractivity contribution in [3.8, 4) is 22.9 Å². The number of ether oxygens (including phenoxy) is 2. The lowest BCUT2D eigenvalue weighted by Crippen LogP contribution is -2.03. The molecule has 4 rings (SSSR count). The summed E-state index contributed by atoms with van der Waals surface area (Å²) in [7, 11) is 0. The number of hydrogen-bond acceptors (Lipinski definition) is 4. The molecular formula is C25H21ClN2O2. The fourth-order valence-electron chi connectivity index (χ4n) is 3.06. The van der Waals surface area contributed by atoms with Crippen molar-refractivity contribution in [2.75, 3.05) is 5.73 Å². The summed E-state index contributed by atoms with van der Waals surface area (Å²) in [6.07, 6.45) is 0. The molecule has 4 aromatic rings. The van der Waals surface area contributed by atoms with Crippen LogP contribution >= 0.6 is 11.6 Å². The fraction of sp³-hybridized carbons (Fsp3) is 0.0800. The number of nitrogen functional groups attached to an aromatic ring is 1. The summed E-state index contributed by atoms with van der Waals surface area (Å²) in [5.41, 5.74) is 10.5. The van der Waals surface area contributed by atoms with Crippen molar-refractivity contribution < 1.29 is 9.47 Å². The molecule has 0 spiro atoms. The van der Waals surface area contributed by atoms with E-state index in [0.29, 0.717) is 35.7 Å². The molecule has 150 valence electrons. The molecular weight excluding hydrogens is 396 g/mol. The second kappa shape index (κ2) is 9.33. The summed E-state index contributed by atoms with van der Waals surface area (Å²) in [4.78, 5) is 4.61. The number of hydrogen-bond donors (Lipinski definition) is 1. The minimum atomic E-state index is 0.385. The number of halogens is 1. The first-order chi connectivity index (χ1) is 14.7. The van der Waals surface area contributed by atoms with Gasteiger partial charge in [0.05, 0.1) is 0 Å². The highest BCUT2D eigenvalue weighted by Crippen LogP contribution is 2.35. The number of nitrogens with two attached hydrogens (primary N) is 1. The number of benzene rings is 3. The van der Waals surface area contributed by atoms with E-state index in [-0.39, 0.29) is 0 Å². The van der Waals surface area contributed by atoms with Crippen LogP contribution in [0.5, 0.6) is 11.8 Å². The molecule has 0 saturated heterocycles. The van der Waals surface area contributed by atoms with Crippen LogP contribution in [0.4, 0.5) is 5.69 Å². The van der Waals surface area contributed by atoms with Gasteiger partial charge in [0, 0.05) is 27.9 Å². The normalized spacial score (nSPS) is 10.6. The quantitative estimate of drug-likeness (QED) is 0.367. The third-order valence-corrected chi connectivity index (χ3v) is 4.82. The van der Waals surface area contributed by atoms with E-state index >= 15 is 0 Å². The predicted molar refractivity (Wildman–Crippen MR) is 121 cm³/mol. The molecule has 1 aromatic heterocycles. The third-order valence-electron chi connectivity index (χ3n) is 4.59. The van der Waals surface area contributed by atoms with Crippen molar-refractivity contribution >= 4 is 17.3 Å². The minimum Gasteiger partial charge on any atom is -0.473 e. The molecule has 3 aromatic carbocycles. The van der Waals surface area contributed by atoms with Gasteiger partial charge in [-0.3, -0.25) is 0 Å². The first kappa shape index (κ1) is 19.8. The molecule has 30 heavy (non-hydrogen) atoms. The molecule has 0 bridgehead atoms. The van der Waals surface area contributed by atoms with Gasteiger partial charge in [-0.1, -0.05) is 78.3 Å². The summed E-state index contributed by atoms with van der Waals surface area (Å²) in [5.74, 6) is 0.941. The molecule has 0 aliphatic heterocycles. The SMILES string of the molecule is Nc1cc(Cl)ccc1-c1ccc(OCc2ccccc2)nc1OCc1ccccc1. The highest BCUT2D eigenvalue weighted by Gasteiger charge is 2.14. The summed E-state index contributed by atoms with van der Waals surface area (Å²) < 4.78 is 12.0. The van der Waals surface area contributed by atoms with Crippen molar-refractivity contribution in [3.63, 3.8) is 0 Å². The maximum Gasteiger partial charge on any atom is 0.225 e. The molecule has 0 aliphatic carbocycles. The molecule has 0 atom stereocenters. The van der Waals surface area contributed by atoms with Crippen LogP contribution in [0.2, 0.25) is 5.02 Å². The van der Waals surface area contributed by atoms with Crippen molar-refractivity contribution in [1.82, 2.24) is 4.98 Å². The van der Waals surface area contributed by atoms with Crippen LogP contribution in [0.3, 0.4) is 0 Å². The third kappa shape index (κ3) is 4.91. The Bertz CT molecular complexity index is 1120. The lowest BCUT2D eigenvalue weighted by atomic mass is 10.1. The first-order valence-electron chi connectivity index (χ1n) is 9.59. The lowest BCUT2D eigenvalue weighted by Gasteiger charge is -2.14. The van der Waals surface area contributed by atoms with Gasteiger partial charge >= 0.3 is 0 Å². The second-order valence-corrected chi connectivity index (χ2v) is 7.22. The van der Waals surface area contributed by atoms with E-state index in [0.717, 1.165) is 22.3 Å². The van der Waals surface area contributed by atoms with Gasteiger partial charge in [-0.2, -0.15) is 4.98 Å². The maximum absolute atomic E-state index is 6.20. The van der Waals surface area contributed by atoms with Gasteiger partial charge in [0.2, 0.25) is 11.8 Å². The Morgan fingerprint density at radius 3 is 1.93 bits per heavy atom. The number of aromatic nitrogens is 1. The van der Waals surface area contributed by atoms with Crippen molar-refractivity contribution in [1.29, 1.82) is 0 Å². The van der Waals surface area contributed by atoms with Crippen LogP contribution in [0.25, 0.3) is 11.1 Å². The van der Waals surface area contributed by atoms with E-state index in [2.05, 4.69) is 4.98 Å². The van der Waals surface area contributed by atoms with Crippen LogP contribution in [-0.2, 0) is 13.2 Å². The van der Waals surface area contributed by atoms with Gasteiger partial charge in [0.15, 0.2) is 0 Å². The van der Waals surface area contributed by atoms with E-state index in [4.69, 9.17) is 26.8 Å². The summed E-state index contributed by atoms with van der Waals surface area (Å²) in [6, 6.07) is 29.0. The molecule has 5 heteroatoms. The summed E-state index contributed by atoms with van der Waals surface area (Å²) in [6.45, 7) is 0.810. The number of anilines is 1. The van der Waals surface area contributed by atoms with Gasteiger partial charge < -0.3 is 15.2 Å². The highest BCUT2D eigenvalue weighted by molar-refractivity contribution is 6.31. The molecule has 0 fully saturated rings. The molecule has 0 unspecified atom stereocenters. The van der Waals surface area contributed by atoms with E-state index in [1.165, 1.54) is 0 Å². The molecule has 0 aliphatic rings. The van der Waals surface area contributed by atoms with Crippen LogP contribution in [0, 0.1) is 0 Å². The highest BCUT2D eigenvalue weighted by atomic mass is 35.5. The standard InChI is InChI=1S/C25H21ClN2O2/c26-20-11-12-21(23(27)15-20)22-13-14-24(29-16-18-7-3-1-4-8-18)28-25(22)30-17-19-9-5-2-6-10-19/h1-15H,16-17,27H2. The van der Waals surface area contributed by atoms with Gasteiger partial charge in [0.1, 0.15) is 13.2 Å². The number of nitrogens with zero attached hydrogens (tertiary/aromatic N) is 1. The van der Waals surface area contributed by atoms with Crippen molar-refractivity contribution in [3.05, 3.63) is 107 Å². The van der Waals surface area contributed by atoms with E-state index in [1.807, 2.05) is 78.9 Å². The zero-order chi connectivity index (χ0) is 20.8. The monoisotopic (exact) mass is 416 g/mol. The van der Waals surface area contributed by atoms with Crippen molar-refractivity contribution in [2.24, 2.45) is 0 Å². The average molecular weight is 417 g/mol. The predicted octanol–water partition coefficient (Wildman–Crippen LogP) is 6.14. The molecule has 0 radical (unpaired) electrons. The van der Waals surface area contributed by atoms with Crippen LogP contribution in [0.1, 0.15) is 11.1 Å². The molecule has 0 saturated carbocycles. The first-order valence-corrected chi connectivity index (χ1v) is 9.97. The zero-order valence-electron chi connectivity index (χ0n) is 16.3. The molecule has 1 heterocycles. The Morgan fingerprint density at radius 1 is 0.700 bits per heavy atom. The van der Waals surface area contributed by atoms with Crippen molar-refractivity contribution in [2.45, 2.75) is 13.2 Å².